The van der Waals surface area contributed by atoms with Gasteiger partial charge in [0.15, 0.2) is 0 Å². The average molecular weight is 617 g/mol. The molecule has 6 aliphatic rings. The minimum absolute atomic E-state index is 0. The van der Waals surface area contributed by atoms with Crippen LogP contribution >= 0.6 is 0 Å². The first kappa shape index (κ1) is 32.6. The number of carboxylic acids is 1. The van der Waals surface area contributed by atoms with E-state index in [1.165, 1.54) is 7.11 Å². The van der Waals surface area contributed by atoms with Crippen LogP contribution in [0.1, 0.15) is 53.9 Å². The third kappa shape index (κ3) is 5.12. The van der Waals surface area contributed by atoms with Crippen LogP contribution in [-0.4, -0.2) is 59.2 Å². The fraction of sp³-hybridized carbons (Fsp3) is 0.400. The Labute approximate surface area is 279 Å². The minimum Gasteiger partial charge on any atom is -0.874 e. The van der Waals surface area contributed by atoms with E-state index >= 15 is 0 Å². The number of aliphatic imine (C=N–C) groups is 3. The van der Waals surface area contributed by atoms with Gasteiger partial charge in [-0.25, -0.2) is 9.98 Å². The molecule has 1 fully saturated rings. The van der Waals surface area contributed by atoms with E-state index in [-0.39, 0.29) is 59.4 Å². The summed E-state index contributed by atoms with van der Waals surface area (Å²) in [6.45, 7) is 14.2. The van der Waals surface area contributed by atoms with Crippen LogP contribution in [0.2, 0.25) is 0 Å². The summed E-state index contributed by atoms with van der Waals surface area (Å²) in [5, 5.41) is 29.2. The van der Waals surface area contributed by atoms with Crippen LogP contribution in [0.5, 0.6) is 0 Å². The Balaban J connectivity index is 0.00000400. The number of aliphatic carboxylic acids is 1. The van der Waals surface area contributed by atoms with Gasteiger partial charge in [0, 0.05) is 57.9 Å². The van der Waals surface area contributed by atoms with Crippen molar-refractivity contribution in [3.63, 3.8) is 0 Å². The Bertz CT molecular complexity index is 1750. The molecule has 1 aliphatic carbocycles. The Kier molecular flexibility index (Phi) is 8.85. The summed E-state index contributed by atoms with van der Waals surface area (Å²) in [6.07, 6.45) is 8.75. The molecule has 0 radical (unpaired) electrons. The van der Waals surface area contributed by atoms with Gasteiger partial charge >= 0.3 is 29.0 Å². The average Bonchev–Trinajstić information content (AvgIpc) is 3.72. The SMILES string of the molecule is C=CC1=C(C)C2=CC3=NC(=C4C5=NC(=C(C)C5=C([O-])[C@@H]4C(=O)OC)C=C4NC(=CC1=N2)[C@H](C)[C@H]4CC)[C@@H](CCC(=O)[O-])[C@@H]3C.[Mg+2]. The molecule has 0 amide bonds. The Morgan fingerprint density at radius 3 is 2.42 bits per heavy atom. The van der Waals surface area contributed by atoms with Crippen LogP contribution in [0.3, 0.4) is 0 Å². The second-order valence-electron chi connectivity index (χ2n) is 12.2. The van der Waals surface area contributed by atoms with Crippen LogP contribution in [0, 0.1) is 29.6 Å². The standard InChI is InChI=1S/C35H38N4O5.Mg/c1-8-19-15(3)22-12-24-17(5)21(10-11-28(40)41)32(38-24)30-31(35(43)44-7)34(42)29-18(6)25(39-33(29)30)14-27-20(9-2)16(4)23(37-27)13-26(19)36-22;/h8,12-14,16-17,20-21,31,37,42H,1,9-11H2,2-7H3,(H,40,41);/q;+2/p-2/t16-,17+,20-,21+,31-;/m1./s1. The van der Waals surface area contributed by atoms with Crippen molar-refractivity contribution in [3.8, 4) is 0 Å². The number of carbonyl (C=O) groups excluding carboxylic acids is 2. The van der Waals surface area contributed by atoms with Gasteiger partial charge in [-0.1, -0.05) is 33.4 Å². The fourth-order valence-electron chi connectivity index (χ4n) is 7.37. The van der Waals surface area contributed by atoms with E-state index in [1.54, 1.807) is 0 Å². The third-order valence-electron chi connectivity index (χ3n) is 9.92. The minimum atomic E-state index is -1.23. The normalized spacial score (nSPS) is 28.3. The quantitative estimate of drug-likeness (QED) is 0.359. The second-order valence-corrected chi connectivity index (χ2v) is 12.2. The van der Waals surface area contributed by atoms with Crippen molar-refractivity contribution in [2.45, 2.75) is 53.9 Å². The molecular weight excluding hydrogens is 581 g/mol. The fourth-order valence-corrected chi connectivity index (χ4v) is 7.37. The van der Waals surface area contributed by atoms with Gasteiger partial charge in [0.05, 0.1) is 41.5 Å². The number of carbonyl (C=O) groups is 2. The van der Waals surface area contributed by atoms with Crippen molar-refractivity contribution < 1.29 is 24.5 Å². The zero-order chi connectivity index (χ0) is 31.6. The molecule has 0 aromatic heterocycles. The molecule has 0 spiro atoms. The van der Waals surface area contributed by atoms with Crippen LogP contribution < -0.4 is 15.5 Å². The van der Waals surface area contributed by atoms with Gasteiger partial charge in [-0.05, 0) is 68.1 Å². The number of rotatable bonds is 6. The Morgan fingerprint density at radius 2 is 1.78 bits per heavy atom. The van der Waals surface area contributed by atoms with Crippen molar-refractivity contribution in [2.75, 3.05) is 7.11 Å². The molecule has 45 heavy (non-hydrogen) atoms. The maximum atomic E-state index is 14.0. The summed E-state index contributed by atoms with van der Waals surface area (Å²) in [5.74, 6) is -3.70. The summed E-state index contributed by atoms with van der Waals surface area (Å²) in [5.41, 5.74) is 9.19. The van der Waals surface area contributed by atoms with Gasteiger partial charge in [-0.3, -0.25) is 9.79 Å². The number of hydrogen-bond donors (Lipinski definition) is 1. The molecule has 5 aliphatic heterocycles. The molecule has 228 valence electrons. The topological polar surface area (TPSA) is 139 Å². The number of ether oxygens (including phenoxy) is 1. The van der Waals surface area contributed by atoms with E-state index in [9.17, 15) is 19.8 Å². The van der Waals surface area contributed by atoms with E-state index in [0.29, 0.717) is 39.5 Å². The van der Waals surface area contributed by atoms with E-state index in [2.05, 4.69) is 31.8 Å². The van der Waals surface area contributed by atoms with Crippen molar-refractivity contribution in [2.24, 2.45) is 44.6 Å². The number of methoxy groups -OCH3 is 1. The number of carboxylic acid groups (broad SMARTS) is 1. The number of fused-ring (bicyclic) bond motifs is 5. The predicted octanol–water partition coefficient (Wildman–Crippen LogP) is 3.13. The number of nitrogens with zero attached hydrogens (tertiary/aromatic N) is 3. The predicted molar refractivity (Wildman–Crippen MR) is 170 cm³/mol. The molecular formula is C35H36MgN4O5. The molecule has 5 heterocycles. The monoisotopic (exact) mass is 616 g/mol. The molecule has 6 rings (SSSR count). The first-order valence-electron chi connectivity index (χ1n) is 15.2. The number of hydrogen-bond acceptors (Lipinski definition) is 9. The largest absolute Gasteiger partial charge is 2.00 e. The van der Waals surface area contributed by atoms with Crippen LogP contribution in [-0.2, 0) is 14.3 Å². The van der Waals surface area contributed by atoms with Crippen molar-refractivity contribution in [3.05, 3.63) is 93.0 Å². The summed E-state index contributed by atoms with van der Waals surface area (Å²) in [7, 11) is 1.25. The molecule has 8 bridgehead atoms. The molecule has 10 heteroatoms. The molecule has 1 N–H and O–H groups in total. The van der Waals surface area contributed by atoms with Crippen LogP contribution in [0.25, 0.3) is 0 Å². The summed E-state index contributed by atoms with van der Waals surface area (Å²) < 4.78 is 5.12. The van der Waals surface area contributed by atoms with Gasteiger partial charge in [0.1, 0.15) is 0 Å². The third-order valence-corrected chi connectivity index (χ3v) is 9.92. The van der Waals surface area contributed by atoms with E-state index < -0.39 is 23.8 Å². The molecule has 0 aromatic carbocycles. The van der Waals surface area contributed by atoms with Gasteiger partial charge in [0.25, 0.3) is 0 Å². The molecule has 0 unspecified atom stereocenters. The van der Waals surface area contributed by atoms with Gasteiger partial charge in [-0.2, -0.15) is 0 Å². The van der Waals surface area contributed by atoms with Gasteiger partial charge in [-0.15, -0.1) is 5.76 Å². The molecule has 1 saturated heterocycles. The summed E-state index contributed by atoms with van der Waals surface area (Å²) in [6, 6.07) is 0. The van der Waals surface area contributed by atoms with Crippen molar-refractivity contribution in [1.29, 1.82) is 0 Å². The van der Waals surface area contributed by atoms with Crippen molar-refractivity contribution >= 4 is 52.1 Å². The van der Waals surface area contributed by atoms with Gasteiger partial charge in [0.2, 0.25) is 0 Å². The summed E-state index contributed by atoms with van der Waals surface area (Å²) in [4.78, 5) is 39.8. The van der Waals surface area contributed by atoms with E-state index in [0.717, 1.165) is 40.4 Å². The second kappa shape index (κ2) is 12.2. The zero-order valence-electron chi connectivity index (χ0n) is 26.6. The molecule has 0 aromatic rings. The Hall–Kier alpha value is -3.76. The van der Waals surface area contributed by atoms with E-state index in [4.69, 9.17) is 19.7 Å². The maximum Gasteiger partial charge on any atom is 2.00 e. The number of allylic oxidation sites excluding steroid dienone is 11. The number of nitrogens with one attached hydrogen (secondary N) is 1. The molecule has 9 nitrogen and oxygen atoms in total. The first-order chi connectivity index (χ1) is 21.0. The van der Waals surface area contributed by atoms with Crippen LogP contribution in [0.15, 0.2) is 108 Å². The molecule has 5 atom stereocenters. The summed E-state index contributed by atoms with van der Waals surface area (Å²) >= 11 is 0. The van der Waals surface area contributed by atoms with Crippen LogP contribution in [0.4, 0.5) is 0 Å². The Morgan fingerprint density at radius 1 is 1.04 bits per heavy atom. The van der Waals surface area contributed by atoms with Crippen molar-refractivity contribution in [1.82, 2.24) is 5.32 Å². The number of esters is 1. The first-order valence-corrected chi connectivity index (χ1v) is 15.2. The van der Waals surface area contributed by atoms with E-state index in [1.807, 2.05) is 39.0 Å². The smallest absolute Gasteiger partial charge is 0.874 e. The van der Waals surface area contributed by atoms with Gasteiger partial charge < -0.3 is 25.1 Å². The zero-order valence-corrected chi connectivity index (χ0v) is 28.0. The maximum absolute atomic E-state index is 14.0. The molecule has 0 saturated carbocycles.